The van der Waals surface area contributed by atoms with E-state index in [2.05, 4.69) is 4.98 Å². The SMILES string of the molecule is O=C(O)C(O)C(O)c1nc(Cl)ccc1O. The first-order valence-electron chi connectivity index (χ1n) is 3.88. The predicted molar refractivity (Wildman–Crippen MR) is 49.5 cm³/mol. The molecule has 0 aromatic carbocycles. The Morgan fingerprint density at radius 1 is 1.40 bits per heavy atom. The van der Waals surface area contributed by atoms with Crippen LogP contribution in [0.4, 0.5) is 0 Å². The number of hydrogen-bond donors (Lipinski definition) is 4. The van der Waals surface area contributed by atoms with Crippen LogP contribution in [0.1, 0.15) is 11.8 Å². The van der Waals surface area contributed by atoms with Crippen molar-refractivity contribution in [3.8, 4) is 5.75 Å². The Hall–Kier alpha value is -1.37. The van der Waals surface area contributed by atoms with Crippen LogP contribution in [0, 0.1) is 0 Å². The smallest absolute Gasteiger partial charge is 0.335 e. The van der Waals surface area contributed by atoms with Crippen LogP contribution in [0.3, 0.4) is 0 Å². The molecule has 15 heavy (non-hydrogen) atoms. The van der Waals surface area contributed by atoms with Gasteiger partial charge in [0, 0.05) is 0 Å². The lowest BCUT2D eigenvalue weighted by molar-refractivity contribution is -0.153. The van der Waals surface area contributed by atoms with Gasteiger partial charge in [0.05, 0.1) is 0 Å². The number of rotatable bonds is 3. The van der Waals surface area contributed by atoms with Crippen LogP contribution in [-0.4, -0.2) is 37.5 Å². The highest BCUT2D eigenvalue weighted by Crippen LogP contribution is 2.26. The van der Waals surface area contributed by atoms with E-state index in [4.69, 9.17) is 21.8 Å². The number of carbonyl (C=O) groups is 1. The molecule has 4 N–H and O–H groups in total. The molecule has 0 bridgehead atoms. The molecule has 2 unspecified atom stereocenters. The van der Waals surface area contributed by atoms with Crippen LogP contribution in [0.25, 0.3) is 0 Å². The third kappa shape index (κ3) is 2.56. The minimum absolute atomic E-state index is 0.0283. The van der Waals surface area contributed by atoms with Gasteiger partial charge in [-0.05, 0) is 12.1 Å². The summed E-state index contributed by atoms with van der Waals surface area (Å²) >= 11 is 5.48. The van der Waals surface area contributed by atoms with Crippen molar-refractivity contribution < 1.29 is 25.2 Å². The van der Waals surface area contributed by atoms with Crippen molar-refractivity contribution in [3.63, 3.8) is 0 Å². The highest BCUT2D eigenvalue weighted by atomic mass is 35.5. The number of pyridine rings is 1. The fourth-order valence-corrected chi connectivity index (χ4v) is 1.10. The zero-order chi connectivity index (χ0) is 11.6. The molecule has 1 aromatic heterocycles. The first kappa shape index (κ1) is 11.7. The van der Waals surface area contributed by atoms with Gasteiger partial charge >= 0.3 is 5.97 Å². The number of aliphatic hydroxyl groups is 2. The first-order valence-corrected chi connectivity index (χ1v) is 4.25. The Kier molecular flexibility index (Phi) is 3.46. The largest absolute Gasteiger partial charge is 0.506 e. The van der Waals surface area contributed by atoms with E-state index in [1.165, 1.54) is 6.07 Å². The summed E-state index contributed by atoms with van der Waals surface area (Å²) in [5.74, 6) is -2.06. The standard InChI is InChI=1S/C8H8ClNO5/c9-4-2-1-3(11)5(10-4)6(12)7(13)8(14)15/h1-2,6-7,11-13H,(H,14,15). The Balaban J connectivity index is 3.04. The quantitative estimate of drug-likeness (QED) is 0.544. The Bertz CT molecular complexity index is 383. The van der Waals surface area contributed by atoms with Crippen molar-refractivity contribution in [2.45, 2.75) is 12.2 Å². The topological polar surface area (TPSA) is 111 Å². The van der Waals surface area contributed by atoms with Crippen LogP contribution in [0.2, 0.25) is 5.15 Å². The third-order valence-electron chi connectivity index (χ3n) is 1.70. The third-order valence-corrected chi connectivity index (χ3v) is 1.91. The molecule has 2 atom stereocenters. The molecular weight excluding hydrogens is 226 g/mol. The van der Waals surface area contributed by atoms with Gasteiger partial charge in [-0.3, -0.25) is 0 Å². The van der Waals surface area contributed by atoms with Gasteiger partial charge in [0.2, 0.25) is 0 Å². The van der Waals surface area contributed by atoms with Gasteiger partial charge in [-0.1, -0.05) is 11.6 Å². The number of aromatic hydroxyl groups is 1. The normalized spacial score (nSPS) is 14.6. The summed E-state index contributed by atoms with van der Waals surface area (Å²) < 4.78 is 0. The maximum atomic E-state index is 10.4. The van der Waals surface area contributed by atoms with E-state index in [9.17, 15) is 15.0 Å². The Morgan fingerprint density at radius 2 is 2.00 bits per heavy atom. The van der Waals surface area contributed by atoms with Gasteiger partial charge in [0.15, 0.2) is 6.10 Å². The molecule has 0 spiro atoms. The monoisotopic (exact) mass is 233 g/mol. The second-order valence-electron chi connectivity index (χ2n) is 2.77. The van der Waals surface area contributed by atoms with Crippen molar-refractivity contribution in [3.05, 3.63) is 23.0 Å². The molecule has 0 fully saturated rings. The van der Waals surface area contributed by atoms with Crippen molar-refractivity contribution >= 4 is 17.6 Å². The van der Waals surface area contributed by atoms with Gasteiger partial charge in [-0.15, -0.1) is 0 Å². The zero-order valence-electron chi connectivity index (χ0n) is 7.33. The molecule has 1 aromatic rings. The van der Waals surface area contributed by atoms with Gasteiger partial charge in [0.25, 0.3) is 0 Å². The Labute approximate surface area is 89.4 Å². The molecule has 0 aliphatic rings. The predicted octanol–water partition coefficient (Wildman–Crippen LogP) is -0.0805. The number of aromatic nitrogens is 1. The Morgan fingerprint density at radius 3 is 2.53 bits per heavy atom. The lowest BCUT2D eigenvalue weighted by atomic mass is 10.1. The van der Waals surface area contributed by atoms with Crippen molar-refractivity contribution in [1.29, 1.82) is 0 Å². The average molecular weight is 234 g/mol. The van der Waals surface area contributed by atoms with Gasteiger partial charge in [-0.2, -0.15) is 0 Å². The molecule has 6 nitrogen and oxygen atoms in total. The maximum Gasteiger partial charge on any atom is 0.335 e. The molecule has 0 radical (unpaired) electrons. The number of aliphatic carboxylic acids is 1. The number of halogens is 1. The molecule has 7 heteroatoms. The van der Waals surface area contributed by atoms with Crippen LogP contribution in [0.15, 0.2) is 12.1 Å². The minimum atomic E-state index is -2.07. The van der Waals surface area contributed by atoms with E-state index in [0.717, 1.165) is 6.07 Å². The lowest BCUT2D eigenvalue weighted by Gasteiger charge is -2.14. The van der Waals surface area contributed by atoms with Crippen LogP contribution in [0.5, 0.6) is 5.75 Å². The molecule has 82 valence electrons. The van der Waals surface area contributed by atoms with E-state index in [-0.39, 0.29) is 10.8 Å². The molecule has 0 amide bonds. The minimum Gasteiger partial charge on any atom is -0.506 e. The average Bonchev–Trinajstić information content (AvgIpc) is 2.19. The summed E-state index contributed by atoms with van der Waals surface area (Å²) in [6.07, 6.45) is -3.90. The molecule has 0 aliphatic heterocycles. The number of carboxylic acids is 1. The molecule has 1 rings (SSSR count). The van der Waals surface area contributed by atoms with E-state index in [1.54, 1.807) is 0 Å². The van der Waals surface area contributed by atoms with Gasteiger partial charge < -0.3 is 20.4 Å². The second kappa shape index (κ2) is 4.43. The second-order valence-corrected chi connectivity index (χ2v) is 3.15. The summed E-state index contributed by atoms with van der Waals surface area (Å²) in [4.78, 5) is 13.9. The molecule has 0 saturated carbocycles. The number of aliphatic hydroxyl groups excluding tert-OH is 2. The number of carboxylic acid groups (broad SMARTS) is 1. The maximum absolute atomic E-state index is 10.4. The highest BCUT2D eigenvalue weighted by molar-refractivity contribution is 6.29. The number of nitrogens with zero attached hydrogens (tertiary/aromatic N) is 1. The molecular formula is C8H8ClNO5. The van der Waals surface area contributed by atoms with Gasteiger partial charge in [0.1, 0.15) is 22.7 Å². The van der Waals surface area contributed by atoms with Crippen molar-refractivity contribution in [1.82, 2.24) is 4.98 Å². The van der Waals surface area contributed by atoms with Crippen molar-refractivity contribution in [2.24, 2.45) is 0 Å². The van der Waals surface area contributed by atoms with Crippen LogP contribution in [-0.2, 0) is 4.79 Å². The highest BCUT2D eigenvalue weighted by Gasteiger charge is 2.28. The molecule has 0 saturated heterocycles. The fraction of sp³-hybridized carbons (Fsp3) is 0.250. The van der Waals surface area contributed by atoms with Crippen LogP contribution < -0.4 is 0 Å². The summed E-state index contributed by atoms with van der Waals surface area (Å²) in [5, 5.41) is 36.0. The molecule has 0 aliphatic carbocycles. The lowest BCUT2D eigenvalue weighted by Crippen LogP contribution is -2.28. The number of hydrogen-bond acceptors (Lipinski definition) is 5. The van der Waals surface area contributed by atoms with Crippen LogP contribution >= 0.6 is 11.6 Å². The van der Waals surface area contributed by atoms with Gasteiger partial charge in [-0.25, -0.2) is 9.78 Å². The zero-order valence-corrected chi connectivity index (χ0v) is 8.09. The fourth-order valence-electron chi connectivity index (χ4n) is 0.945. The summed E-state index contributed by atoms with van der Waals surface area (Å²) in [6.45, 7) is 0. The van der Waals surface area contributed by atoms with E-state index in [1.807, 2.05) is 0 Å². The first-order chi connectivity index (χ1) is 6.93. The summed E-state index contributed by atoms with van der Waals surface area (Å²) in [6, 6.07) is 2.41. The van der Waals surface area contributed by atoms with E-state index in [0.29, 0.717) is 0 Å². The van der Waals surface area contributed by atoms with E-state index < -0.39 is 23.9 Å². The summed E-state index contributed by atoms with van der Waals surface area (Å²) in [5.41, 5.74) is -0.377. The summed E-state index contributed by atoms with van der Waals surface area (Å²) in [7, 11) is 0. The van der Waals surface area contributed by atoms with Crippen molar-refractivity contribution in [2.75, 3.05) is 0 Å². The molecule has 1 heterocycles. The van der Waals surface area contributed by atoms with E-state index >= 15 is 0 Å².